The molecule has 0 aliphatic rings. The molecule has 0 aliphatic carbocycles. The lowest BCUT2D eigenvalue weighted by Gasteiger charge is -2.24. The van der Waals surface area contributed by atoms with E-state index in [0.717, 1.165) is 0 Å². The van der Waals surface area contributed by atoms with Gasteiger partial charge in [-0.1, -0.05) is 18.2 Å². The SMILES string of the molecule is O=C(O)CNN(NCC(=O)O)c1ccccc1. The number of carbonyl (C=O) groups is 2. The van der Waals surface area contributed by atoms with Crippen molar-refractivity contribution in [2.45, 2.75) is 0 Å². The minimum Gasteiger partial charge on any atom is -0.480 e. The van der Waals surface area contributed by atoms with Gasteiger partial charge in [0.2, 0.25) is 0 Å². The minimum absolute atomic E-state index is 0.318. The summed E-state index contributed by atoms with van der Waals surface area (Å²) in [5.74, 6) is -2.08. The highest BCUT2D eigenvalue weighted by molar-refractivity contribution is 5.70. The van der Waals surface area contributed by atoms with Gasteiger partial charge in [0.1, 0.15) is 13.1 Å². The zero-order valence-electron chi connectivity index (χ0n) is 8.96. The molecule has 0 heterocycles. The summed E-state index contributed by atoms with van der Waals surface area (Å²) in [6.45, 7) is -0.636. The van der Waals surface area contributed by atoms with Crippen molar-refractivity contribution in [2.24, 2.45) is 0 Å². The van der Waals surface area contributed by atoms with E-state index in [1.54, 1.807) is 30.3 Å². The number of rotatable bonds is 7. The molecule has 7 heteroatoms. The summed E-state index contributed by atoms with van der Waals surface area (Å²) in [4.78, 5) is 20.9. The maximum absolute atomic E-state index is 10.4. The fraction of sp³-hybridized carbons (Fsp3) is 0.200. The Labute approximate surface area is 97.6 Å². The summed E-state index contributed by atoms with van der Waals surface area (Å²) in [5, 5.41) is 18.4. The molecule has 7 nitrogen and oxygen atoms in total. The summed E-state index contributed by atoms with van der Waals surface area (Å²) in [6.07, 6.45) is 0. The minimum atomic E-state index is -1.04. The number of aliphatic carboxylic acids is 2. The van der Waals surface area contributed by atoms with Crippen molar-refractivity contribution in [1.29, 1.82) is 0 Å². The third-order valence-electron chi connectivity index (χ3n) is 1.79. The maximum atomic E-state index is 10.4. The van der Waals surface area contributed by atoms with E-state index in [4.69, 9.17) is 10.2 Å². The highest BCUT2D eigenvalue weighted by Crippen LogP contribution is 2.07. The number of para-hydroxylation sites is 1. The van der Waals surface area contributed by atoms with Crippen LogP contribution in [-0.2, 0) is 9.59 Å². The molecule has 0 fully saturated rings. The number of anilines is 1. The van der Waals surface area contributed by atoms with Crippen molar-refractivity contribution >= 4 is 17.6 Å². The molecule has 1 aromatic rings. The number of carboxylic acid groups (broad SMARTS) is 2. The van der Waals surface area contributed by atoms with Crippen LogP contribution in [0.1, 0.15) is 0 Å². The van der Waals surface area contributed by atoms with Crippen molar-refractivity contribution in [1.82, 2.24) is 10.9 Å². The van der Waals surface area contributed by atoms with Gasteiger partial charge < -0.3 is 10.2 Å². The summed E-state index contributed by atoms with van der Waals surface area (Å²) in [5.41, 5.74) is 5.72. The number of carboxylic acids is 2. The number of nitrogens with one attached hydrogen (secondary N) is 2. The molecule has 0 saturated carbocycles. The molecule has 17 heavy (non-hydrogen) atoms. The van der Waals surface area contributed by atoms with Gasteiger partial charge >= 0.3 is 11.9 Å². The molecule has 0 spiro atoms. The van der Waals surface area contributed by atoms with Crippen LogP contribution in [-0.4, -0.2) is 35.2 Å². The van der Waals surface area contributed by atoms with E-state index in [0.29, 0.717) is 5.69 Å². The Balaban J connectivity index is 2.64. The van der Waals surface area contributed by atoms with E-state index >= 15 is 0 Å². The van der Waals surface area contributed by atoms with Crippen molar-refractivity contribution in [3.05, 3.63) is 30.3 Å². The second-order valence-corrected chi connectivity index (χ2v) is 3.13. The molecule has 0 saturated heterocycles. The average Bonchev–Trinajstić information content (AvgIpc) is 2.29. The molecule has 0 atom stereocenters. The standard InChI is InChI=1S/C10H13N3O4/c14-9(15)6-11-13(12-7-10(16)17)8-4-2-1-3-5-8/h1-5,11-12H,6-7H2,(H,14,15)(H,16,17). The van der Waals surface area contributed by atoms with Crippen LogP contribution < -0.4 is 16.0 Å². The summed E-state index contributed by atoms with van der Waals surface area (Å²) in [7, 11) is 0. The van der Waals surface area contributed by atoms with E-state index in [1.807, 2.05) is 0 Å². The quantitative estimate of drug-likeness (QED) is 0.483. The van der Waals surface area contributed by atoms with Gasteiger partial charge in [0.05, 0.1) is 5.69 Å². The van der Waals surface area contributed by atoms with E-state index in [1.165, 1.54) is 5.12 Å². The van der Waals surface area contributed by atoms with Crippen molar-refractivity contribution in [2.75, 3.05) is 18.2 Å². The van der Waals surface area contributed by atoms with E-state index in [-0.39, 0.29) is 13.1 Å². The van der Waals surface area contributed by atoms with Crippen molar-refractivity contribution in [3.8, 4) is 0 Å². The topological polar surface area (TPSA) is 102 Å². The summed E-state index contributed by atoms with van der Waals surface area (Å²) < 4.78 is 0. The first kappa shape index (κ1) is 12.9. The molecule has 0 bridgehead atoms. The number of nitrogens with zero attached hydrogens (tertiary/aromatic N) is 1. The van der Waals surface area contributed by atoms with Crippen LogP contribution in [0.4, 0.5) is 5.69 Å². The van der Waals surface area contributed by atoms with E-state index in [9.17, 15) is 9.59 Å². The normalized spacial score (nSPS) is 9.88. The molecule has 92 valence electrons. The van der Waals surface area contributed by atoms with Gasteiger partial charge in [-0.05, 0) is 12.1 Å². The smallest absolute Gasteiger partial charge is 0.319 e. The van der Waals surface area contributed by atoms with Crippen molar-refractivity contribution in [3.63, 3.8) is 0 Å². The van der Waals surface area contributed by atoms with Gasteiger partial charge in [0.15, 0.2) is 0 Å². The summed E-state index contributed by atoms with van der Waals surface area (Å²) in [6, 6.07) is 8.74. The predicted molar refractivity (Wildman–Crippen MR) is 60.2 cm³/mol. The third-order valence-corrected chi connectivity index (χ3v) is 1.79. The van der Waals surface area contributed by atoms with E-state index in [2.05, 4.69) is 10.9 Å². The number of hydrazine groups is 2. The monoisotopic (exact) mass is 239 g/mol. The first-order valence-electron chi connectivity index (χ1n) is 4.85. The number of hydrogen-bond acceptors (Lipinski definition) is 5. The molecule has 0 radical (unpaired) electrons. The van der Waals surface area contributed by atoms with E-state index < -0.39 is 11.9 Å². The van der Waals surface area contributed by atoms with Crippen LogP contribution >= 0.6 is 0 Å². The Morgan fingerprint density at radius 1 is 1.00 bits per heavy atom. The fourth-order valence-electron chi connectivity index (χ4n) is 1.11. The van der Waals surface area contributed by atoms with Crippen LogP contribution in [0.25, 0.3) is 0 Å². The van der Waals surface area contributed by atoms with Gasteiger partial charge in [-0.2, -0.15) is 0 Å². The molecule has 0 aromatic heterocycles. The Kier molecular flexibility index (Phi) is 4.92. The molecule has 0 amide bonds. The van der Waals surface area contributed by atoms with Crippen molar-refractivity contribution < 1.29 is 19.8 Å². The lowest BCUT2D eigenvalue weighted by Crippen LogP contribution is -2.51. The lowest BCUT2D eigenvalue weighted by atomic mass is 10.3. The number of hydrogen-bond donors (Lipinski definition) is 4. The predicted octanol–water partition coefficient (Wildman–Crippen LogP) is -0.329. The average molecular weight is 239 g/mol. The Bertz CT molecular complexity index is 364. The first-order chi connectivity index (χ1) is 8.09. The molecule has 1 aromatic carbocycles. The van der Waals surface area contributed by atoms with Gasteiger partial charge in [-0.3, -0.25) is 9.59 Å². The summed E-state index contributed by atoms with van der Waals surface area (Å²) >= 11 is 0. The van der Waals surface area contributed by atoms with Gasteiger partial charge in [-0.15, -0.1) is 0 Å². The second-order valence-electron chi connectivity index (χ2n) is 3.13. The highest BCUT2D eigenvalue weighted by atomic mass is 16.4. The third kappa shape index (κ3) is 4.96. The second kappa shape index (κ2) is 6.46. The zero-order valence-corrected chi connectivity index (χ0v) is 8.96. The largest absolute Gasteiger partial charge is 0.480 e. The highest BCUT2D eigenvalue weighted by Gasteiger charge is 2.08. The fourth-order valence-corrected chi connectivity index (χ4v) is 1.11. The molecule has 0 unspecified atom stereocenters. The molecular formula is C10H13N3O4. The van der Waals surface area contributed by atoms with Crippen LogP contribution in [0.2, 0.25) is 0 Å². The molecular weight excluding hydrogens is 226 g/mol. The molecule has 1 rings (SSSR count). The number of benzene rings is 1. The Morgan fingerprint density at radius 3 is 1.88 bits per heavy atom. The van der Waals surface area contributed by atoms with Gasteiger partial charge in [0, 0.05) is 0 Å². The maximum Gasteiger partial charge on any atom is 0.319 e. The molecule has 0 aliphatic heterocycles. The Hall–Kier alpha value is -2.12. The van der Waals surface area contributed by atoms with Crippen LogP contribution in [0.5, 0.6) is 0 Å². The molecule has 4 N–H and O–H groups in total. The van der Waals surface area contributed by atoms with Gasteiger partial charge in [-0.25, -0.2) is 16.0 Å². The Morgan fingerprint density at radius 2 is 1.47 bits per heavy atom. The van der Waals surface area contributed by atoms with Gasteiger partial charge in [0.25, 0.3) is 0 Å². The van der Waals surface area contributed by atoms with Crippen LogP contribution in [0.15, 0.2) is 30.3 Å². The van der Waals surface area contributed by atoms with Crippen LogP contribution in [0, 0.1) is 0 Å². The zero-order chi connectivity index (χ0) is 12.7. The van der Waals surface area contributed by atoms with Crippen LogP contribution in [0.3, 0.4) is 0 Å². The first-order valence-corrected chi connectivity index (χ1v) is 4.85. The lowest BCUT2D eigenvalue weighted by molar-refractivity contribution is -0.136.